The number of halogens is 3. The molecule has 3 aliphatic rings. The molecule has 3 aliphatic heterocycles. The largest absolute Gasteiger partial charge is 0.489 e. The minimum Gasteiger partial charge on any atom is -0.489 e. The normalized spacial score (nSPS) is 15.4. The van der Waals surface area contributed by atoms with Crippen molar-refractivity contribution in [1.82, 2.24) is 57.8 Å². The summed E-state index contributed by atoms with van der Waals surface area (Å²) < 4.78 is 65.3. The number of aryl methyl sites for hydroxylation is 3. The van der Waals surface area contributed by atoms with Crippen molar-refractivity contribution >= 4 is 34.3 Å². The Balaban J connectivity index is 0.000000138. The standard InChI is InChI=1S/C28H25FN4O2.2C27H25FN4O2/c1-3-6-25(34)32-15-5-8-22(32)28-31-27(23-17-30-14-16-33(23)28)21-12-10-20(11-13-21)18-35-24-9-4-7-19(2)26(24)29;1-3-24(33)31-14-5-7-21(31)27-30-26(22-16-29-13-15-32(22)27)20-11-9-19(10-12-20)17-34-23-8-4-6-18(2)25(23)28;1-3-25(33)31-13-4-5-23(31)27-30-26(24-16-29-12-14-32(24)27)20-9-7-19(8-10-20)17-34-21-11-6-18(2)22(28)15-21/h4,7,9-14,16-17,22H,5,8,15,18H2,1-2H3;3-4,6,8-13,15-16,21H,1,5,7,14,17H2,2H3;3,6-12,14-16,23H,1,4-5,13,17H2,2H3/t22-;21-;23-/m000/s1. The Morgan fingerprint density at radius 1 is 0.495 bits per heavy atom. The van der Waals surface area contributed by atoms with Crippen molar-refractivity contribution in [3.05, 3.63) is 277 Å². The van der Waals surface area contributed by atoms with Crippen molar-refractivity contribution in [3.63, 3.8) is 0 Å². The molecule has 3 fully saturated rings. The molecule has 21 heteroatoms. The van der Waals surface area contributed by atoms with Crippen LogP contribution in [0, 0.1) is 50.1 Å². The molecule has 0 spiro atoms. The van der Waals surface area contributed by atoms with Crippen LogP contribution in [0.15, 0.2) is 208 Å². The van der Waals surface area contributed by atoms with E-state index in [9.17, 15) is 27.6 Å². The Bertz CT molecular complexity index is 5200. The van der Waals surface area contributed by atoms with Gasteiger partial charge in [0.05, 0.1) is 70.3 Å². The van der Waals surface area contributed by atoms with Gasteiger partial charge in [-0.3, -0.25) is 42.5 Å². The summed E-state index contributed by atoms with van der Waals surface area (Å²) in [5.41, 5.74) is 12.4. The van der Waals surface area contributed by atoms with Crippen LogP contribution in [-0.4, -0.2) is 95.2 Å². The first-order valence-corrected chi connectivity index (χ1v) is 34.2. The fourth-order valence-corrected chi connectivity index (χ4v) is 13.4. The first kappa shape index (κ1) is 69.3. The number of carbonyl (C=O) groups is 3. The zero-order valence-electron chi connectivity index (χ0n) is 57.6. The monoisotopic (exact) mass is 1380 g/mol. The average molecular weight is 1380 g/mol. The molecule has 18 nitrogen and oxygen atoms in total. The number of imidazole rings is 3. The second-order valence-corrected chi connectivity index (χ2v) is 25.4. The number of benzene rings is 6. The number of carbonyl (C=O) groups excluding carboxylic acids is 3. The van der Waals surface area contributed by atoms with E-state index in [0.29, 0.717) is 48.7 Å². The molecule has 15 rings (SSSR count). The summed E-state index contributed by atoms with van der Waals surface area (Å²) in [4.78, 5) is 70.6. The number of nitrogens with zero attached hydrogens (tertiary/aromatic N) is 12. The van der Waals surface area contributed by atoms with Crippen LogP contribution < -0.4 is 14.2 Å². The lowest BCUT2D eigenvalue weighted by molar-refractivity contribution is -0.127. The Morgan fingerprint density at radius 3 is 1.25 bits per heavy atom. The van der Waals surface area contributed by atoms with Crippen molar-refractivity contribution in [3.8, 4) is 62.9 Å². The summed E-state index contributed by atoms with van der Waals surface area (Å²) in [6, 6.07) is 38.4. The third-order valence-corrected chi connectivity index (χ3v) is 18.8. The van der Waals surface area contributed by atoms with Gasteiger partial charge in [0.1, 0.15) is 48.9 Å². The first-order chi connectivity index (χ1) is 50.2. The predicted octanol–water partition coefficient (Wildman–Crippen LogP) is 15.7. The Kier molecular flexibility index (Phi) is 21.0. The van der Waals surface area contributed by atoms with E-state index in [4.69, 9.17) is 29.2 Å². The topological polar surface area (TPSA) is 179 Å². The highest BCUT2D eigenvalue weighted by molar-refractivity contribution is 5.94. The van der Waals surface area contributed by atoms with Crippen molar-refractivity contribution in [1.29, 1.82) is 0 Å². The number of hydrogen-bond acceptors (Lipinski definition) is 12. The van der Waals surface area contributed by atoms with Crippen LogP contribution in [0.4, 0.5) is 13.2 Å². The molecule has 0 radical (unpaired) electrons. The molecule has 6 aromatic carbocycles. The molecule has 0 bridgehead atoms. The van der Waals surface area contributed by atoms with Gasteiger partial charge < -0.3 is 28.9 Å². The quantitative estimate of drug-likeness (QED) is 0.0623. The molecule has 9 heterocycles. The number of likely N-dealkylation sites (tertiary alicyclic amines) is 3. The molecule has 0 unspecified atom stereocenters. The summed E-state index contributed by atoms with van der Waals surface area (Å²) in [5, 5.41) is 0. The van der Waals surface area contributed by atoms with Crippen LogP contribution in [0.25, 0.3) is 50.3 Å². The van der Waals surface area contributed by atoms with Crippen LogP contribution in [-0.2, 0) is 34.2 Å². The number of fused-ring (bicyclic) bond motifs is 3. The van der Waals surface area contributed by atoms with Gasteiger partial charge in [0, 0.05) is 79.6 Å². The van der Waals surface area contributed by atoms with E-state index in [1.165, 1.54) is 18.2 Å². The Labute approximate surface area is 594 Å². The van der Waals surface area contributed by atoms with Gasteiger partial charge in [-0.2, -0.15) is 0 Å². The second-order valence-electron chi connectivity index (χ2n) is 25.4. The van der Waals surface area contributed by atoms with Crippen LogP contribution >= 0.6 is 0 Å². The SMILES string of the molecule is C=CC(=O)N1CCC[C@H]1c1nc(-c2ccc(COc3ccc(C)c(F)c3)cc2)c2cnccn12.C=CC(=O)N1CCC[C@H]1c1nc(-c2ccc(COc3cccc(C)c3F)cc2)c2cnccn12.CC#CC(=O)N1CCC[C@H]1c1nc(-c2ccc(COc3cccc(C)c3F)cc2)c2cnccn12. The highest BCUT2D eigenvalue weighted by Crippen LogP contribution is 2.39. The lowest BCUT2D eigenvalue weighted by Gasteiger charge is -2.22. The van der Waals surface area contributed by atoms with Gasteiger partial charge in [-0.25, -0.2) is 28.1 Å². The number of rotatable bonds is 17. The maximum Gasteiger partial charge on any atom is 0.299 e. The van der Waals surface area contributed by atoms with Gasteiger partial charge in [0.2, 0.25) is 11.8 Å². The number of ether oxygens (including phenoxy) is 3. The summed E-state index contributed by atoms with van der Waals surface area (Å²) in [6.07, 6.45) is 24.2. The van der Waals surface area contributed by atoms with Crippen LogP contribution in [0.5, 0.6) is 17.2 Å². The zero-order valence-corrected chi connectivity index (χ0v) is 57.6. The summed E-state index contributed by atoms with van der Waals surface area (Å²) in [5.74, 6) is 7.54. The fraction of sp³-hybridized carbons (Fsp3) is 0.232. The molecule has 3 saturated heterocycles. The van der Waals surface area contributed by atoms with Gasteiger partial charge in [-0.1, -0.05) is 122 Å². The molecule has 0 N–H and O–H groups in total. The van der Waals surface area contributed by atoms with Gasteiger partial charge >= 0.3 is 0 Å². The number of amides is 3. The van der Waals surface area contributed by atoms with E-state index in [1.54, 1.807) is 118 Å². The van der Waals surface area contributed by atoms with E-state index in [2.05, 4.69) is 40.0 Å². The minimum absolute atomic E-state index is 0.0762. The van der Waals surface area contributed by atoms with Crippen molar-refractivity contribution in [2.24, 2.45) is 0 Å². The molecule has 103 heavy (non-hydrogen) atoms. The molecule has 520 valence electrons. The Morgan fingerprint density at radius 2 is 0.874 bits per heavy atom. The third kappa shape index (κ3) is 14.9. The van der Waals surface area contributed by atoms with E-state index in [-0.39, 0.29) is 78.0 Å². The summed E-state index contributed by atoms with van der Waals surface area (Å²) in [6.45, 7) is 17.0. The zero-order chi connectivity index (χ0) is 71.7. The van der Waals surface area contributed by atoms with E-state index >= 15 is 0 Å². The smallest absolute Gasteiger partial charge is 0.299 e. The molecule has 0 saturated carbocycles. The van der Waals surface area contributed by atoms with Gasteiger partial charge in [-0.15, -0.1) is 0 Å². The van der Waals surface area contributed by atoms with Gasteiger partial charge in [-0.05, 0) is 136 Å². The third-order valence-electron chi connectivity index (χ3n) is 18.8. The molecule has 0 aliphatic carbocycles. The number of hydrogen-bond donors (Lipinski definition) is 0. The van der Waals surface area contributed by atoms with Crippen molar-refractivity contribution in [2.75, 3.05) is 19.6 Å². The lowest BCUT2D eigenvalue weighted by atomic mass is 10.1. The van der Waals surface area contributed by atoms with Crippen LogP contribution in [0.1, 0.15) is 114 Å². The molecule has 12 aromatic rings. The van der Waals surface area contributed by atoms with Gasteiger partial charge in [0.25, 0.3) is 5.91 Å². The van der Waals surface area contributed by atoms with Crippen molar-refractivity contribution < 1.29 is 41.8 Å². The first-order valence-electron chi connectivity index (χ1n) is 34.2. The fourth-order valence-electron chi connectivity index (χ4n) is 13.4. The van der Waals surface area contributed by atoms with Crippen molar-refractivity contribution in [2.45, 2.75) is 104 Å². The van der Waals surface area contributed by atoms with E-state index < -0.39 is 0 Å². The predicted molar refractivity (Wildman–Crippen MR) is 387 cm³/mol. The van der Waals surface area contributed by atoms with E-state index in [0.717, 1.165) is 123 Å². The molecule has 6 aromatic heterocycles. The molecule has 3 amide bonds. The van der Waals surface area contributed by atoms with Crippen LogP contribution in [0.2, 0.25) is 0 Å². The van der Waals surface area contributed by atoms with E-state index in [1.807, 2.05) is 114 Å². The number of aromatic nitrogens is 9. The average Bonchev–Trinajstić information content (AvgIpc) is 1.63. The Hall–Kier alpha value is -12.2. The molecule has 3 atom stereocenters. The van der Waals surface area contributed by atoms with Gasteiger partial charge in [0.15, 0.2) is 23.1 Å². The molecular formula is C82H75F3N12O6. The lowest BCUT2D eigenvalue weighted by Crippen LogP contribution is -2.30. The minimum atomic E-state index is -0.335. The maximum atomic E-state index is 14.2. The highest BCUT2D eigenvalue weighted by atomic mass is 19.1. The van der Waals surface area contributed by atoms with Crippen LogP contribution in [0.3, 0.4) is 0 Å². The molecular weight excluding hydrogens is 1310 g/mol. The summed E-state index contributed by atoms with van der Waals surface area (Å²) in [7, 11) is 0. The highest BCUT2D eigenvalue weighted by Gasteiger charge is 2.36. The maximum absolute atomic E-state index is 14.2. The second kappa shape index (κ2) is 31.2. The summed E-state index contributed by atoms with van der Waals surface area (Å²) >= 11 is 0.